The van der Waals surface area contributed by atoms with Crippen LogP contribution in [0.1, 0.15) is 11.5 Å². The Kier molecular flexibility index (Phi) is 3.31. The first kappa shape index (κ1) is 12.3. The third-order valence-corrected chi connectivity index (χ3v) is 3.98. The first-order valence-corrected chi connectivity index (χ1v) is 7.25. The van der Waals surface area contributed by atoms with Gasteiger partial charge in [-0.15, -0.1) is 11.3 Å². The zero-order chi connectivity index (χ0) is 13.2. The van der Waals surface area contributed by atoms with E-state index in [1.165, 1.54) is 11.3 Å². The fourth-order valence-corrected chi connectivity index (χ4v) is 2.74. The van der Waals surface area contributed by atoms with Gasteiger partial charge < -0.3 is 5.73 Å². The zero-order valence-electron chi connectivity index (χ0n) is 9.80. The molecule has 2 aromatic heterocycles. The van der Waals surface area contributed by atoms with Gasteiger partial charge in [-0.2, -0.15) is 5.10 Å². The molecule has 3 aromatic rings. The molecule has 3 rings (SSSR count). The quantitative estimate of drug-likeness (QED) is 0.771. The van der Waals surface area contributed by atoms with Gasteiger partial charge in [0.05, 0.1) is 12.1 Å². The molecule has 1 aromatic carbocycles. The number of nitrogens with zero attached hydrogens (tertiary/aromatic N) is 3. The fraction of sp³-hybridized carbons (Fsp3) is 0.0833. The molecule has 0 saturated carbocycles. The number of hydrogen-bond acceptors (Lipinski definition) is 5. The summed E-state index contributed by atoms with van der Waals surface area (Å²) >= 11 is 4.92. The van der Waals surface area contributed by atoms with Crippen molar-refractivity contribution in [3.8, 4) is 11.4 Å². The van der Waals surface area contributed by atoms with Gasteiger partial charge in [0.25, 0.3) is 0 Å². The van der Waals surface area contributed by atoms with E-state index < -0.39 is 0 Å². The third kappa shape index (κ3) is 2.66. The first-order chi connectivity index (χ1) is 9.22. The summed E-state index contributed by atoms with van der Waals surface area (Å²) in [6.45, 7) is 0. The lowest BCUT2D eigenvalue weighted by Gasteiger charge is -1.97. The number of nitrogens with two attached hydrogens (primary N) is 1. The maximum absolute atomic E-state index is 5.60. The van der Waals surface area contributed by atoms with Crippen molar-refractivity contribution < 1.29 is 0 Å². The molecule has 0 spiro atoms. The summed E-state index contributed by atoms with van der Waals surface area (Å²) < 4.78 is 0.971. The number of H-pyrrole nitrogens is 1. The number of rotatable bonds is 3. The molecule has 3 N–H and O–H groups in total. The number of benzene rings is 1. The Morgan fingerprint density at radius 3 is 2.84 bits per heavy atom. The average Bonchev–Trinajstić information content (AvgIpc) is 3.00. The topological polar surface area (TPSA) is 80.5 Å². The Morgan fingerprint density at radius 2 is 2.11 bits per heavy atom. The van der Waals surface area contributed by atoms with Crippen molar-refractivity contribution in [2.24, 2.45) is 0 Å². The second kappa shape index (κ2) is 5.10. The Labute approximate surface area is 122 Å². The van der Waals surface area contributed by atoms with Crippen LogP contribution in [0.4, 0.5) is 5.13 Å². The summed E-state index contributed by atoms with van der Waals surface area (Å²) in [6.07, 6.45) is 0.602. The van der Waals surface area contributed by atoms with Crippen LogP contribution >= 0.6 is 27.3 Å². The minimum atomic E-state index is 0.570. The lowest BCUT2D eigenvalue weighted by Crippen LogP contribution is -1.92. The average molecular weight is 336 g/mol. The molecule has 0 radical (unpaired) electrons. The summed E-state index contributed by atoms with van der Waals surface area (Å²) in [6, 6.07) is 7.85. The molecular weight excluding hydrogens is 326 g/mol. The Balaban J connectivity index is 1.86. The molecular formula is C12H10BrN5S. The van der Waals surface area contributed by atoms with Crippen LogP contribution in [-0.4, -0.2) is 20.2 Å². The molecule has 0 fully saturated rings. The summed E-state index contributed by atoms with van der Waals surface area (Å²) in [5, 5.41) is 9.66. The van der Waals surface area contributed by atoms with Crippen molar-refractivity contribution in [2.75, 3.05) is 5.73 Å². The lowest BCUT2D eigenvalue weighted by molar-refractivity contribution is 0.952. The van der Waals surface area contributed by atoms with E-state index in [0.717, 1.165) is 21.6 Å². The van der Waals surface area contributed by atoms with E-state index in [4.69, 9.17) is 5.73 Å². The van der Waals surface area contributed by atoms with Crippen LogP contribution in [0.2, 0.25) is 0 Å². The number of aromatic amines is 1. The fourth-order valence-electron chi connectivity index (χ4n) is 1.71. The standard InChI is InChI=1S/C12H10BrN5S/c13-9-4-2-1-3-8(9)11-16-10(17-18-11)5-7-6-19-12(14)15-7/h1-4,6H,5H2,(H2,14,15)(H,16,17,18). The van der Waals surface area contributed by atoms with Gasteiger partial charge in [-0.05, 0) is 12.1 Å². The second-order valence-electron chi connectivity index (χ2n) is 3.94. The van der Waals surface area contributed by atoms with Gasteiger partial charge in [0.1, 0.15) is 5.82 Å². The molecule has 19 heavy (non-hydrogen) atoms. The van der Waals surface area contributed by atoms with Crippen LogP contribution in [0, 0.1) is 0 Å². The monoisotopic (exact) mass is 335 g/mol. The highest BCUT2D eigenvalue weighted by atomic mass is 79.9. The minimum absolute atomic E-state index is 0.570. The van der Waals surface area contributed by atoms with Gasteiger partial charge in [0.15, 0.2) is 11.0 Å². The minimum Gasteiger partial charge on any atom is -0.375 e. The largest absolute Gasteiger partial charge is 0.375 e. The second-order valence-corrected chi connectivity index (χ2v) is 5.68. The van der Waals surface area contributed by atoms with Crippen LogP contribution in [-0.2, 0) is 6.42 Å². The lowest BCUT2D eigenvalue weighted by atomic mass is 10.2. The molecule has 0 bridgehead atoms. The molecule has 2 heterocycles. The summed E-state index contributed by atoms with van der Waals surface area (Å²) in [5.74, 6) is 1.45. The maximum Gasteiger partial charge on any atom is 0.182 e. The predicted molar refractivity (Wildman–Crippen MR) is 78.9 cm³/mol. The summed E-state index contributed by atoms with van der Waals surface area (Å²) in [7, 11) is 0. The van der Waals surface area contributed by atoms with Crippen LogP contribution in [0.15, 0.2) is 34.1 Å². The van der Waals surface area contributed by atoms with E-state index in [2.05, 4.69) is 36.1 Å². The van der Waals surface area contributed by atoms with Crippen molar-refractivity contribution in [3.63, 3.8) is 0 Å². The summed E-state index contributed by atoms with van der Waals surface area (Å²) in [4.78, 5) is 8.68. The van der Waals surface area contributed by atoms with Crippen molar-refractivity contribution in [2.45, 2.75) is 6.42 Å². The van der Waals surface area contributed by atoms with Gasteiger partial charge in [-0.1, -0.05) is 28.1 Å². The van der Waals surface area contributed by atoms with E-state index in [0.29, 0.717) is 17.4 Å². The Hall–Kier alpha value is -1.73. The van der Waals surface area contributed by atoms with E-state index in [1.807, 2.05) is 29.6 Å². The molecule has 0 aliphatic heterocycles. The number of halogens is 1. The van der Waals surface area contributed by atoms with Gasteiger partial charge in [-0.25, -0.2) is 9.97 Å². The van der Waals surface area contributed by atoms with Gasteiger partial charge in [-0.3, -0.25) is 5.10 Å². The van der Waals surface area contributed by atoms with Crippen molar-refractivity contribution in [1.29, 1.82) is 0 Å². The number of nitrogens with one attached hydrogen (secondary N) is 1. The normalized spacial score (nSPS) is 10.8. The highest BCUT2D eigenvalue weighted by molar-refractivity contribution is 9.10. The van der Waals surface area contributed by atoms with E-state index in [1.54, 1.807) is 0 Å². The number of hydrogen-bond donors (Lipinski definition) is 2. The molecule has 0 atom stereocenters. The number of aromatic nitrogens is 4. The smallest absolute Gasteiger partial charge is 0.182 e. The van der Waals surface area contributed by atoms with Gasteiger partial charge >= 0.3 is 0 Å². The van der Waals surface area contributed by atoms with Gasteiger partial charge in [0.2, 0.25) is 0 Å². The summed E-state index contributed by atoms with van der Waals surface area (Å²) in [5.41, 5.74) is 7.46. The highest BCUT2D eigenvalue weighted by Gasteiger charge is 2.10. The molecule has 5 nitrogen and oxygen atoms in total. The van der Waals surface area contributed by atoms with Crippen molar-refractivity contribution in [1.82, 2.24) is 20.2 Å². The van der Waals surface area contributed by atoms with E-state index >= 15 is 0 Å². The van der Waals surface area contributed by atoms with Crippen molar-refractivity contribution >= 4 is 32.4 Å². The van der Waals surface area contributed by atoms with Gasteiger partial charge in [0, 0.05) is 15.4 Å². The van der Waals surface area contributed by atoms with Crippen molar-refractivity contribution in [3.05, 3.63) is 45.6 Å². The zero-order valence-corrected chi connectivity index (χ0v) is 12.2. The number of anilines is 1. The van der Waals surface area contributed by atoms with Crippen LogP contribution in [0.3, 0.4) is 0 Å². The Bertz CT molecular complexity index is 705. The third-order valence-electron chi connectivity index (χ3n) is 2.56. The molecule has 0 unspecified atom stereocenters. The first-order valence-electron chi connectivity index (χ1n) is 5.58. The number of thiazole rings is 1. The van der Waals surface area contributed by atoms with E-state index in [-0.39, 0.29) is 0 Å². The molecule has 0 amide bonds. The predicted octanol–water partition coefficient (Wildman–Crippen LogP) is 2.86. The molecule has 0 aliphatic rings. The molecule has 96 valence electrons. The SMILES string of the molecule is Nc1nc(Cc2nc(-c3ccccc3Br)n[nH]2)cs1. The highest BCUT2D eigenvalue weighted by Crippen LogP contribution is 2.25. The molecule has 7 heteroatoms. The molecule has 0 aliphatic carbocycles. The van der Waals surface area contributed by atoms with Crippen LogP contribution in [0.5, 0.6) is 0 Å². The molecule has 0 saturated heterocycles. The maximum atomic E-state index is 5.60. The van der Waals surface area contributed by atoms with Crippen LogP contribution in [0.25, 0.3) is 11.4 Å². The Morgan fingerprint density at radius 1 is 1.26 bits per heavy atom. The number of nitrogen functional groups attached to an aromatic ring is 1. The van der Waals surface area contributed by atoms with Crippen LogP contribution < -0.4 is 5.73 Å². The van der Waals surface area contributed by atoms with E-state index in [9.17, 15) is 0 Å².